The average Bonchev–Trinajstić information content (AvgIpc) is 2.55. The largest absolute Gasteiger partial charge is 0.318 e. The Bertz CT molecular complexity index is 523. The lowest BCUT2D eigenvalue weighted by atomic mass is 10.2. The fraction of sp³-hybridized carbons (Fsp3) is 0.0909. The van der Waals surface area contributed by atoms with Crippen molar-refractivity contribution in [2.45, 2.75) is 0 Å². The summed E-state index contributed by atoms with van der Waals surface area (Å²) in [6, 6.07) is 11.9. The van der Waals surface area contributed by atoms with Crippen molar-refractivity contribution in [3.05, 3.63) is 40.6 Å². The van der Waals surface area contributed by atoms with Crippen molar-refractivity contribution in [3.8, 4) is 17.5 Å². The molecule has 0 saturated heterocycles. The van der Waals surface area contributed by atoms with E-state index in [4.69, 9.17) is 5.26 Å². The van der Waals surface area contributed by atoms with E-state index in [2.05, 4.69) is 27.0 Å². The molecule has 1 aromatic heterocycles. The average molecular weight is 262 g/mol. The molecule has 0 spiro atoms. The number of aromatic nitrogens is 2. The maximum atomic E-state index is 8.92. The van der Waals surface area contributed by atoms with E-state index in [1.807, 2.05) is 37.4 Å². The fourth-order valence-electron chi connectivity index (χ4n) is 1.43. The minimum Gasteiger partial charge on any atom is -0.318 e. The van der Waals surface area contributed by atoms with E-state index in [0.717, 1.165) is 11.4 Å². The molecule has 0 saturated carbocycles. The van der Waals surface area contributed by atoms with E-state index in [0.29, 0.717) is 10.3 Å². The quantitative estimate of drug-likeness (QED) is 0.792. The van der Waals surface area contributed by atoms with Gasteiger partial charge in [0.05, 0.1) is 0 Å². The number of imidazole rings is 1. The number of rotatable bonds is 1. The third kappa shape index (κ3) is 1.66. The summed E-state index contributed by atoms with van der Waals surface area (Å²) >= 11 is 3.27. The lowest BCUT2D eigenvalue weighted by molar-refractivity contribution is 0.907. The van der Waals surface area contributed by atoms with E-state index in [1.54, 1.807) is 4.57 Å². The minimum absolute atomic E-state index is 0.536. The van der Waals surface area contributed by atoms with Crippen LogP contribution in [-0.2, 0) is 7.05 Å². The van der Waals surface area contributed by atoms with Crippen LogP contribution in [0.4, 0.5) is 0 Å². The van der Waals surface area contributed by atoms with Crippen LogP contribution in [-0.4, -0.2) is 9.55 Å². The number of benzene rings is 1. The van der Waals surface area contributed by atoms with Crippen LogP contribution in [0.3, 0.4) is 0 Å². The molecule has 0 N–H and O–H groups in total. The Morgan fingerprint density at radius 3 is 2.53 bits per heavy atom. The van der Waals surface area contributed by atoms with E-state index in [1.165, 1.54) is 0 Å². The smallest absolute Gasteiger partial charge is 0.154 e. The van der Waals surface area contributed by atoms with Crippen molar-refractivity contribution < 1.29 is 0 Å². The molecule has 4 heteroatoms. The summed E-state index contributed by atoms with van der Waals surface area (Å²) in [5.74, 6) is 0.791. The van der Waals surface area contributed by atoms with Crippen molar-refractivity contribution in [1.29, 1.82) is 5.26 Å². The summed E-state index contributed by atoms with van der Waals surface area (Å²) in [6.45, 7) is 0. The molecule has 2 rings (SSSR count). The molecular weight excluding hydrogens is 254 g/mol. The summed E-state index contributed by atoms with van der Waals surface area (Å²) in [4.78, 5) is 4.31. The highest BCUT2D eigenvalue weighted by Crippen LogP contribution is 2.23. The zero-order valence-electron chi connectivity index (χ0n) is 8.11. The first-order chi connectivity index (χ1) is 7.24. The molecule has 1 heterocycles. The van der Waals surface area contributed by atoms with Gasteiger partial charge in [0.1, 0.15) is 16.5 Å². The van der Waals surface area contributed by atoms with Crippen molar-refractivity contribution in [2.24, 2.45) is 7.05 Å². The predicted molar refractivity (Wildman–Crippen MR) is 61.1 cm³/mol. The number of halogens is 1. The molecule has 74 valence electrons. The van der Waals surface area contributed by atoms with Gasteiger partial charge in [-0.05, 0) is 15.9 Å². The van der Waals surface area contributed by atoms with Crippen molar-refractivity contribution in [3.63, 3.8) is 0 Å². The van der Waals surface area contributed by atoms with Gasteiger partial charge in [0.15, 0.2) is 5.69 Å². The summed E-state index contributed by atoms with van der Waals surface area (Å²) in [7, 11) is 1.83. The topological polar surface area (TPSA) is 41.6 Å². The second kappa shape index (κ2) is 3.87. The molecule has 0 atom stereocenters. The molecular formula is C11H8BrN3. The van der Waals surface area contributed by atoms with Gasteiger partial charge in [-0.3, -0.25) is 0 Å². The van der Waals surface area contributed by atoms with Crippen LogP contribution < -0.4 is 0 Å². The Hall–Kier alpha value is -1.60. The van der Waals surface area contributed by atoms with Gasteiger partial charge < -0.3 is 4.57 Å². The van der Waals surface area contributed by atoms with Crippen molar-refractivity contribution in [2.75, 3.05) is 0 Å². The Morgan fingerprint density at radius 2 is 2.00 bits per heavy atom. The van der Waals surface area contributed by atoms with Crippen LogP contribution in [0.25, 0.3) is 11.4 Å². The van der Waals surface area contributed by atoms with Gasteiger partial charge in [0, 0.05) is 12.6 Å². The standard InChI is InChI=1S/C11H8BrN3/c1-15-9(7-13)10(12)14-11(15)8-5-3-2-4-6-8/h2-6H,1H3. The highest BCUT2D eigenvalue weighted by molar-refractivity contribution is 9.10. The van der Waals surface area contributed by atoms with Gasteiger partial charge in [0.25, 0.3) is 0 Å². The van der Waals surface area contributed by atoms with Gasteiger partial charge in [-0.15, -0.1) is 0 Å². The van der Waals surface area contributed by atoms with Gasteiger partial charge in [-0.1, -0.05) is 30.3 Å². The third-order valence-corrected chi connectivity index (χ3v) is 2.74. The minimum atomic E-state index is 0.536. The molecule has 0 aliphatic carbocycles. The number of hydrogen-bond donors (Lipinski definition) is 0. The first-order valence-corrected chi connectivity index (χ1v) is 5.21. The molecule has 0 fully saturated rings. The van der Waals surface area contributed by atoms with Gasteiger partial charge >= 0.3 is 0 Å². The SMILES string of the molecule is Cn1c(-c2ccccc2)nc(Br)c1C#N. The molecule has 0 radical (unpaired) electrons. The third-order valence-electron chi connectivity index (χ3n) is 2.19. The van der Waals surface area contributed by atoms with Crippen LogP contribution in [0, 0.1) is 11.3 Å². The molecule has 0 amide bonds. The van der Waals surface area contributed by atoms with Crippen LogP contribution >= 0.6 is 15.9 Å². The van der Waals surface area contributed by atoms with E-state index in [9.17, 15) is 0 Å². The summed E-state index contributed by atoms with van der Waals surface area (Å²) in [5, 5.41) is 8.92. The lowest BCUT2D eigenvalue weighted by Gasteiger charge is -2.00. The monoisotopic (exact) mass is 261 g/mol. The Balaban J connectivity index is 2.62. The second-order valence-electron chi connectivity index (χ2n) is 3.11. The maximum absolute atomic E-state index is 8.92. The van der Waals surface area contributed by atoms with Gasteiger partial charge in [-0.25, -0.2) is 4.98 Å². The molecule has 0 unspecified atom stereocenters. The van der Waals surface area contributed by atoms with E-state index < -0.39 is 0 Å². The first kappa shape index (κ1) is 9.94. The molecule has 3 nitrogen and oxygen atoms in total. The van der Waals surface area contributed by atoms with E-state index >= 15 is 0 Å². The van der Waals surface area contributed by atoms with Gasteiger partial charge in [0.2, 0.25) is 0 Å². The normalized spacial score (nSPS) is 9.93. The van der Waals surface area contributed by atoms with E-state index in [-0.39, 0.29) is 0 Å². The Labute approximate surface area is 96.1 Å². The maximum Gasteiger partial charge on any atom is 0.154 e. The first-order valence-electron chi connectivity index (χ1n) is 4.41. The summed E-state index contributed by atoms with van der Waals surface area (Å²) < 4.78 is 2.37. The Kier molecular flexibility index (Phi) is 2.57. The lowest BCUT2D eigenvalue weighted by Crippen LogP contribution is -1.95. The molecule has 2 aromatic rings. The molecule has 0 aliphatic heterocycles. The zero-order chi connectivity index (χ0) is 10.8. The molecule has 15 heavy (non-hydrogen) atoms. The van der Waals surface area contributed by atoms with Crippen molar-refractivity contribution >= 4 is 15.9 Å². The van der Waals surface area contributed by atoms with Crippen LogP contribution in [0.5, 0.6) is 0 Å². The Morgan fingerprint density at radius 1 is 1.33 bits per heavy atom. The van der Waals surface area contributed by atoms with Crippen LogP contribution in [0.15, 0.2) is 34.9 Å². The summed E-state index contributed by atoms with van der Waals surface area (Å²) in [5.41, 5.74) is 1.54. The number of nitriles is 1. The van der Waals surface area contributed by atoms with Crippen LogP contribution in [0.1, 0.15) is 5.69 Å². The summed E-state index contributed by atoms with van der Waals surface area (Å²) in [6.07, 6.45) is 0. The second-order valence-corrected chi connectivity index (χ2v) is 3.86. The predicted octanol–water partition coefficient (Wildman–Crippen LogP) is 2.72. The fourth-order valence-corrected chi connectivity index (χ4v) is 1.95. The van der Waals surface area contributed by atoms with Gasteiger partial charge in [-0.2, -0.15) is 5.26 Å². The highest BCUT2D eigenvalue weighted by atomic mass is 79.9. The molecule has 0 aliphatic rings. The van der Waals surface area contributed by atoms with Crippen molar-refractivity contribution in [1.82, 2.24) is 9.55 Å². The molecule has 1 aromatic carbocycles. The highest BCUT2D eigenvalue weighted by Gasteiger charge is 2.12. The number of nitrogens with zero attached hydrogens (tertiary/aromatic N) is 3. The zero-order valence-corrected chi connectivity index (χ0v) is 9.69. The van der Waals surface area contributed by atoms with Crippen LogP contribution in [0.2, 0.25) is 0 Å². The number of hydrogen-bond acceptors (Lipinski definition) is 2. The molecule has 0 bridgehead atoms.